The van der Waals surface area contributed by atoms with Crippen LogP contribution in [0.3, 0.4) is 0 Å². The maximum absolute atomic E-state index is 13.2. The largest absolute Gasteiger partial charge is 0.462 e. The topological polar surface area (TPSA) is 52.6 Å². The Kier molecular flexibility index (Phi) is 6.43. The van der Waals surface area contributed by atoms with Crippen molar-refractivity contribution < 1.29 is 23.5 Å². The third-order valence-electron chi connectivity index (χ3n) is 4.49. The van der Waals surface area contributed by atoms with E-state index in [1.54, 1.807) is 39.8 Å². The smallest absolute Gasteiger partial charge is 0.309 e. The van der Waals surface area contributed by atoms with Crippen LogP contribution >= 0.6 is 0 Å². The average molecular weight is 364 g/mol. The van der Waals surface area contributed by atoms with Gasteiger partial charge in [-0.3, -0.25) is 9.59 Å². The fourth-order valence-electron chi connectivity index (χ4n) is 3.16. The first-order valence-corrected chi connectivity index (χ1v) is 9.24. The number of benzene rings is 1. The standard InChI is InChI=1S/C21H29FO4/c1-13(12-18(23)26-21(3,4)5)20(24)25-14(2)19(15-6-7-15)16-8-10-17(22)11-9-16/h8-11,13-15,19H,6-7,12H2,1-5H3/t13-,14+,19+/m1/s1. The molecule has 0 N–H and O–H groups in total. The normalized spacial score (nSPS) is 17.9. The summed E-state index contributed by atoms with van der Waals surface area (Å²) in [5, 5.41) is 0. The van der Waals surface area contributed by atoms with Gasteiger partial charge in [0.15, 0.2) is 0 Å². The van der Waals surface area contributed by atoms with E-state index in [9.17, 15) is 14.0 Å². The first-order valence-electron chi connectivity index (χ1n) is 9.24. The summed E-state index contributed by atoms with van der Waals surface area (Å²) in [4.78, 5) is 24.3. The van der Waals surface area contributed by atoms with Crippen LogP contribution in [0.1, 0.15) is 65.4 Å². The van der Waals surface area contributed by atoms with Gasteiger partial charge < -0.3 is 9.47 Å². The van der Waals surface area contributed by atoms with Crippen molar-refractivity contribution in [2.45, 2.75) is 71.5 Å². The monoisotopic (exact) mass is 364 g/mol. The molecule has 1 aromatic carbocycles. The number of hydrogen-bond donors (Lipinski definition) is 0. The highest BCUT2D eigenvalue weighted by atomic mass is 19.1. The minimum Gasteiger partial charge on any atom is -0.462 e. The molecule has 0 spiro atoms. The summed E-state index contributed by atoms with van der Waals surface area (Å²) in [6.45, 7) is 8.91. The minimum absolute atomic E-state index is 0.00648. The van der Waals surface area contributed by atoms with Crippen LogP contribution in [0.4, 0.5) is 4.39 Å². The lowest BCUT2D eigenvalue weighted by Crippen LogP contribution is -2.30. The summed E-state index contributed by atoms with van der Waals surface area (Å²) in [7, 11) is 0. The van der Waals surface area contributed by atoms with Crippen molar-refractivity contribution in [3.63, 3.8) is 0 Å². The third-order valence-corrected chi connectivity index (χ3v) is 4.49. The van der Waals surface area contributed by atoms with Crippen molar-refractivity contribution in [3.05, 3.63) is 35.6 Å². The lowest BCUT2D eigenvalue weighted by Gasteiger charge is -2.26. The van der Waals surface area contributed by atoms with E-state index in [-0.39, 0.29) is 24.3 Å². The van der Waals surface area contributed by atoms with Crippen molar-refractivity contribution in [1.82, 2.24) is 0 Å². The molecule has 0 amide bonds. The van der Waals surface area contributed by atoms with Gasteiger partial charge in [-0.2, -0.15) is 0 Å². The molecular weight excluding hydrogens is 335 g/mol. The molecule has 1 fully saturated rings. The van der Waals surface area contributed by atoms with Gasteiger partial charge in [0.2, 0.25) is 0 Å². The molecule has 3 atom stereocenters. The average Bonchev–Trinajstić information content (AvgIpc) is 3.32. The van der Waals surface area contributed by atoms with E-state index in [1.807, 2.05) is 6.92 Å². The Labute approximate surface area is 155 Å². The van der Waals surface area contributed by atoms with E-state index in [2.05, 4.69) is 0 Å². The van der Waals surface area contributed by atoms with Crippen LogP contribution in [0, 0.1) is 17.7 Å². The van der Waals surface area contributed by atoms with Crippen molar-refractivity contribution in [2.24, 2.45) is 11.8 Å². The number of halogens is 1. The van der Waals surface area contributed by atoms with Gasteiger partial charge in [0.1, 0.15) is 17.5 Å². The first-order chi connectivity index (χ1) is 12.1. The van der Waals surface area contributed by atoms with E-state index < -0.39 is 23.5 Å². The van der Waals surface area contributed by atoms with E-state index in [4.69, 9.17) is 9.47 Å². The number of carbonyl (C=O) groups excluding carboxylic acids is 2. The van der Waals surface area contributed by atoms with Crippen LogP contribution in [0.15, 0.2) is 24.3 Å². The molecule has 144 valence electrons. The quantitative estimate of drug-likeness (QED) is 0.663. The van der Waals surface area contributed by atoms with Gasteiger partial charge in [-0.15, -0.1) is 0 Å². The Morgan fingerprint density at radius 3 is 2.23 bits per heavy atom. The zero-order valence-electron chi connectivity index (χ0n) is 16.3. The molecule has 26 heavy (non-hydrogen) atoms. The summed E-state index contributed by atoms with van der Waals surface area (Å²) >= 11 is 0. The molecule has 1 aromatic rings. The molecule has 0 aliphatic heterocycles. The molecule has 0 heterocycles. The number of esters is 2. The van der Waals surface area contributed by atoms with Crippen LogP contribution in [-0.4, -0.2) is 23.6 Å². The van der Waals surface area contributed by atoms with Gasteiger partial charge >= 0.3 is 11.9 Å². The Balaban J connectivity index is 1.95. The van der Waals surface area contributed by atoms with Crippen LogP contribution in [0.2, 0.25) is 0 Å². The molecule has 1 aliphatic rings. The Hall–Kier alpha value is -1.91. The first kappa shape index (κ1) is 20.4. The van der Waals surface area contributed by atoms with Crippen molar-refractivity contribution in [1.29, 1.82) is 0 Å². The van der Waals surface area contributed by atoms with Crippen molar-refractivity contribution in [3.8, 4) is 0 Å². The number of hydrogen-bond acceptors (Lipinski definition) is 4. The molecule has 0 bridgehead atoms. The molecule has 1 saturated carbocycles. The highest BCUT2D eigenvalue weighted by Crippen LogP contribution is 2.45. The van der Waals surface area contributed by atoms with Gasteiger partial charge in [-0.05, 0) is 64.2 Å². The van der Waals surface area contributed by atoms with Crippen LogP contribution in [-0.2, 0) is 19.1 Å². The Morgan fingerprint density at radius 2 is 1.73 bits per heavy atom. The van der Waals surface area contributed by atoms with E-state index in [1.165, 1.54) is 12.1 Å². The van der Waals surface area contributed by atoms with Gasteiger partial charge in [-0.1, -0.05) is 19.1 Å². The summed E-state index contributed by atoms with van der Waals surface area (Å²) in [5.41, 5.74) is 0.405. The van der Waals surface area contributed by atoms with Gasteiger partial charge in [0, 0.05) is 5.92 Å². The summed E-state index contributed by atoms with van der Waals surface area (Å²) in [6.07, 6.45) is 1.82. The maximum Gasteiger partial charge on any atom is 0.309 e. The number of ether oxygens (including phenoxy) is 2. The fourth-order valence-corrected chi connectivity index (χ4v) is 3.16. The second kappa shape index (κ2) is 8.19. The molecule has 0 unspecified atom stereocenters. The minimum atomic E-state index is -0.576. The number of rotatable bonds is 7. The molecule has 4 nitrogen and oxygen atoms in total. The summed E-state index contributed by atoms with van der Waals surface area (Å²) in [5.74, 6) is -1.17. The molecule has 1 aliphatic carbocycles. The van der Waals surface area contributed by atoms with Crippen molar-refractivity contribution >= 4 is 11.9 Å². The molecule has 5 heteroatoms. The summed E-state index contributed by atoms with van der Waals surface area (Å²) < 4.78 is 24.1. The second-order valence-electron chi connectivity index (χ2n) is 8.25. The van der Waals surface area contributed by atoms with Gasteiger partial charge in [-0.25, -0.2) is 4.39 Å². The summed E-state index contributed by atoms with van der Waals surface area (Å²) in [6, 6.07) is 6.38. The molecule has 0 radical (unpaired) electrons. The molecule has 0 aromatic heterocycles. The van der Waals surface area contributed by atoms with Gasteiger partial charge in [0.05, 0.1) is 12.3 Å². The Morgan fingerprint density at radius 1 is 1.15 bits per heavy atom. The highest BCUT2D eigenvalue weighted by molar-refractivity contribution is 5.80. The second-order valence-corrected chi connectivity index (χ2v) is 8.25. The number of carbonyl (C=O) groups is 2. The lowest BCUT2D eigenvalue weighted by atomic mass is 9.89. The van der Waals surface area contributed by atoms with Crippen LogP contribution < -0.4 is 0 Å². The Bertz CT molecular complexity index is 628. The molecule has 0 saturated heterocycles. The molecular formula is C21H29FO4. The van der Waals surface area contributed by atoms with E-state index in [0.717, 1.165) is 18.4 Å². The lowest BCUT2D eigenvalue weighted by molar-refractivity contribution is -0.163. The SMILES string of the molecule is C[C@H](CC(=O)OC(C)(C)C)C(=O)O[C@@H](C)[C@H](c1ccc(F)cc1)C1CC1. The van der Waals surface area contributed by atoms with Crippen molar-refractivity contribution in [2.75, 3.05) is 0 Å². The molecule has 2 rings (SSSR count). The van der Waals surface area contributed by atoms with E-state index in [0.29, 0.717) is 5.92 Å². The predicted octanol–water partition coefficient (Wildman–Crippen LogP) is 4.62. The zero-order valence-corrected chi connectivity index (χ0v) is 16.3. The van der Waals surface area contributed by atoms with Crippen LogP contribution in [0.25, 0.3) is 0 Å². The zero-order chi connectivity index (χ0) is 19.5. The maximum atomic E-state index is 13.2. The predicted molar refractivity (Wildman–Crippen MR) is 97.0 cm³/mol. The fraction of sp³-hybridized carbons (Fsp3) is 0.619. The van der Waals surface area contributed by atoms with E-state index >= 15 is 0 Å². The third kappa shape index (κ3) is 6.11. The highest BCUT2D eigenvalue weighted by Gasteiger charge is 2.38. The van der Waals surface area contributed by atoms with Crippen LogP contribution in [0.5, 0.6) is 0 Å². The van der Waals surface area contributed by atoms with Gasteiger partial charge in [0.25, 0.3) is 0 Å².